The lowest BCUT2D eigenvalue weighted by atomic mass is 10.2. The molecular formula is C17H25N5O. The molecule has 0 unspecified atom stereocenters. The van der Waals surface area contributed by atoms with Crippen LogP contribution in [0.5, 0.6) is 0 Å². The van der Waals surface area contributed by atoms with Gasteiger partial charge in [-0.25, -0.2) is 4.98 Å². The van der Waals surface area contributed by atoms with Gasteiger partial charge in [-0.2, -0.15) is 9.61 Å². The summed E-state index contributed by atoms with van der Waals surface area (Å²) in [5.74, 6) is 1.16. The van der Waals surface area contributed by atoms with Gasteiger partial charge in [-0.1, -0.05) is 13.8 Å². The average molecular weight is 315 g/mol. The predicted octanol–water partition coefficient (Wildman–Crippen LogP) is 2.33. The van der Waals surface area contributed by atoms with Crippen molar-refractivity contribution in [1.29, 1.82) is 0 Å². The zero-order chi connectivity index (χ0) is 16.6. The highest BCUT2D eigenvalue weighted by molar-refractivity contribution is 5.80. The smallest absolute Gasteiger partial charge is 0.224 e. The number of anilines is 1. The molecular weight excluding hydrogens is 290 g/mol. The Hall–Kier alpha value is -2.11. The molecule has 0 aliphatic carbocycles. The molecule has 0 saturated carbocycles. The SMILES string of the molecule is CCCN1C[C@@H](Nc2cc(CC)nc3c(C)c(C)nn23)CC1=O. The van der Waals surface area contributed by atoms with Gasteiger partial charge in [0.2, 0.25) is 5.91 Å². The van der Waals surface area contributed by atoms with Crippen molar-refractivity contribution >= 4 is 17.4 Å². The molecule has 6 heteroatoms. The maximum atomic E-state index is 12.1. The molecule has 1 saturated heterocycles. The first-order valence-electron chi connectivity index (χ1n) is 8.43. The molecule has 23 heavy (non-hydrogen) atoms. The van der Waals surface area contributed by atoms with Crippen LogP contribution in [0.3, 0.4) is 0 Å². The largest absolute Gasteiger partial charge is 0.365 e. The van der Waals surface area contributed by atoms with Gasteiger partial charge in [0.25, 0.3) is 0 Å². The average Bonchev–Trinajstić information content (AvgIpc) is 3.01. The first-order chi connectivity index (χ1) is 11.0. The van der Waals surface area contributed by atoms with E-state index in [4.69, 9.17) is 4.98 Å². The minimum Gasteiger partial charge on any atom is -0.365 e. The second-order valence-corrected chi connectivity index (χ2v) is 6.32. The third kappa shape index (κ3) is 2.90. The summed E-state index contributed by atoms with van der Waals surface area (Å²) in [6, 6.07) is 2.18. The van der Waals surface area contributed by atoms with Crippen LogP contribution in [0.15, 0.2) is 6.07 Å². The third-order valence-electron chi connectivity index (χ3n) is 4.53. The lowest BCUT2D eigenvalue weighted by molar-refractivity contribution is -0.127. The Balaban J connectivity index is 1.91. The molecule has 2 aromatic rings. The number of amides is 1. The van der Waals surface area contributed by atoms with Crippen molar-refractivity contribution in [2.24, 2.45) is 0 Å². The molecule has 6 nitrogen and oxygen atoms in total. The Labute approximate surface area is 136 Å². The lowest BCUT2D eigenvalue weighted by Gasteiger charge is -2.17. The molecule has 3 rings (SSSR count). The Morgan fingerprint density at radius 1 is 1.35 bits per heavy atom. The zero-order valence-electron chi connectivity index (χ0n) is 14.4. The normalized spacial score (nSPS) is 18.2. The van der Waals surface area contributed by atoms with E-state index in [1.807, 2.05) is 22.4 Å². The number of rotatable bonds is 5. The Kier molecular flexibility index (Phi) is 4.24. The van der Waals surface area contributed by atoms with Gasteiger partial charge in [-0.3, -0.25) is 4.79 Å². The highest BCUT2D eigenvalue weighted by atomic mass is 16.2. The second kappa shape index (κ2) is 6.18. The number of likely N-dealkylation sites (tertiary alicyclic amines) is 1. The van der Waals surface area contributed by atoms with Crippen molar-refractivity contribution < 1.29 is 4.79 Å². The van der Waals surface area contributed by atoms with Crippen LogP contribution in [-0.4, -0.2) is 44.5 Å². The number of nitrogens with zero attached hydrogens (tertiary/aromatic N) is 4. The molecule has 0 spiro atoms. The van der Waals surface area contributed by atoms with Crippen molar-refractivity contribution in [2.75, 3.05) is 18.4 Å². The first-order valence-corrected chi connectivity index (χ1v) is 8.43. The van der Waals surface area contributed by atoms with Crippen LogP contribution in [0.2, 0.25) is 0 Å². The van der Waals surface area contributed by atoms with Crippen LogP contribution in [-0.2, 0) is 11.2 Å². The van der Waals surface area contributed by atoms with Gasteiger partial charge in [0.05, 0.1) is 11.7 Å². The van der Waals surface area contributed by atoms with Crippen LogP contribution in [0.25, 0.3) is 5.65 Å². The van der Waals surface area contributed by atoms with Crippen LogP contribution in [0.1, 0.15) is 43.6 Å². The van der Waals surface area contributed by atoms with E-state index in [1.165, 1.54) is 0 Å². The summed E-state index contributed by atoms with van der Waals surface area (Å²) in [5, 5.41) is 8.11. The molecule has 124 valence electrons. The fourth-order valence-electron chi connectivity index (χ4n) is 3.13. The summed E-state index contributed by atoms with van der Waals surface area (Å²) >= 11 is 0. The molecule has 0 aromatic carbocycles. The van der Waals surface area contributed by atoms with Gasteiger partial charge in [-0.15, -0.1) is 0 Å². The molecule has 1 amide bonds. The summed E-state index contributed by atoms with van der Waals surface area (Å²) in [4.78, 5) is 18.7. The standard InChI is InChI=1S/C17H25N5O/c1-5-7-21-10-14(9-16(21)23)18-15-8-13(6-2)19-17-11(3)12(4)20-22(15)17/h8,14,18H,5-7,9-10H2,1-4H3/t14-/m0/s1. The Morgan fingerprint density at radius 3 is 2.83 bits per heavy atom. The molecule has 1 aliphatic rings. The maximum absolute atomic E-state index is 12.1. The number of nitrogens with one attached hydrogen (secondary N) is 1. The number of carbonyl (C=O) groups is 1. The first kappa shape index (κ1) is 15.8. The lowest BCUT2D eigenvalue weighted by Crippen LogP contribution is -2.29. The van der Waals surface area contributed by atoms with Crippen molar-refractivity contribution in [2.45, 2.75) is 53.0 Å². The Bertz CT molecular complexity index is 736. The van der Waals surface area contributed by atoms with Gasteiger partial charge < -0.3 is 10.2 Å². The quantitative estimate of drug-likeness (QED) is 0.920. The van der Waals surface area contributed by atoms with E-state index < -0.39 is 0 Å². The fourth-order valence-corrected chi connectivity index (χ4v) is 3.13. The van der Waals surface area contributed by atoms with E-state index in [-0.39, 0.29) is 11.9 Å². The number of aromatic nitrogens is 3. The van der Waals surface area contributed by atoms with Crippen molar-refractivity contribution in [3.05, 3.63) is 23.0 Å². The summed E-state index contributed by atoms with van der Waals surface area (Å²) < 4.78 is 1.87. The minimum absolute atomic E-state index is 0.133. The van der Waals surface area contributed by atoms with Gasteiger partial charge in [0.15, 0.2) is 5.65 Å². The third-order valence-corrected chi connectivity index (χ3v) is 4.53. The second-order valence-electron chi connectivity index (χ2n) is 6.32. The van der Waals surface area contributed by atoms with Crippen LogP contribution in [0.4, 0.5) is 5.82 Å². The van der Waals surface area contributed by atoms with E-state index in [9.17, 15) is 4.79 Å². The van der Waals surface area contributed by atoms with Crippen LogP contribution < -0.4 is 5.32 Å². The summed E-state index contributed by atoms with van der Waals surface area (Å²) in [6.45, 7) is 9.85. The topological polar surface area (TPSA) is 62.5 Å². The fraction of sp³-hybridized carbons (Fsp3) is 0.588. The highest BCUT2D eigenvalue weighted by Gasteiger charge is 2.29. The van der Waals surface area contributed by atoms with E-state index in [0.717, 1.165) is 54.3 Å². The van der Waals surface area contributed by atoms with E-state index >= 15 is 0 Å². The van der Waals surface area contributed by atoms with Gasteiger partial charge >= 0.3 is 0 Å². The van der Waals surface area contributed by atoms with Gasteiger partial charge in [0.1, 0.15) is 5.82 Å². The highest BCUT2D eigenvalue weighted by Crippen LogP contribution is 2.22. The van der Waals surface area contributed by atoms with E-state index in [0.29, 0.717) is 6.42 Å². The molecule has 3 heterocycles. The maximum Gasteiger partial charge on any atom is 0.224 e. The summed E-state index contributed by atoms with van der Waals surface area (Å²) in [7, 11) is 0. The minimum atomic E-state index is 0.133. The van der Waals surface area contributed by atoms with E-state index in [1.54, 1.807) is 0 Å². The Morgan fingerprint density at radius 2 is 2.13 bits per heavy atom. The van der Waals surface area contributed by atoms with Crippen molar-refractivity contribution in [3.8, 4) is 0 Å². The zero-order valence-corrected chi connectivity index (χ0v) is 14.4. The predicted molar refractivity (Wildman–Crippen MR) is 90.7 cm³/mol. The number of carbonyl (C=O) groups excluding carboxylic acids is 1. The summed E-state index contributed by atoms with van der Waals surface area (Å²) in [5.41, 5.74) is 4.04. The molecule has 1 N–H and O–H groups in total. The number of aryl methyl sites for hydroxylation is 3. The van der Waals surface area contributed by atoms with E-state index in [2.05, 4.69) is 31.2 Å². The molecule has 0 radical (unpaired) electrons. The molecule has 0 bridgehead atoms. The molecule has 1 fully saturated rings. The van der Waals surface area contributed by atoms with Gasteiger partial charge in [0, 0.05) is 36.8 Å². The number of hydrogen-bond acceptors (Lipinski definition) is 4. The molecule has 1 aliphatic heterocycles. The molecule has 2 aromatic heterocycles. The summed E-state index contributed by atoms with van der Waals surface area (Å²) in [6.07, 6.45) is 2.42. The van der Waals surface area contributed by atoms with Crippen LogP contribution in [0, 0.1) is 13.8 Å². The monoisotopic (exact) mass is 315 g/mol. The van der Waals surface area contributed by atoms with Crippen molar-refractivity contribution in [1.82, 2.24) is 19.5 Å². The number of hydrogen-bond donors (Lipinski definition) is 1. The van der Waals surface area contributed by atoms with Crippen molar-refractivity contribution in [3.63, 3.8) is 0 Å². The molecule has 1 atom stereocenters. The number of fused-ring (bicyclic) bond motifs is 1. The van der Waals surface area contributed by atoms with Crippen LogP contribution >= 0.6 is 0 Å². The van der Waals surface area contributed by atoms with Gasteiger partial charge in [-0.05, 0) is 26.7 Å².